The van der Waals surface area contributed by atoms with Crippen molar-refractivity contribution in [1.29, 1.82) is 0 Å². The van der Waals surface area contributed by atoms with Crippen LogP contribution in [0, 0.1) is 5.41 Å². The maximum absolute atomic E-state index is 12.4. The monoisotopic (exact) mass is 296 g/mol. The fourth-order valence-corrected chi connectivity index (χ4v) is 2.61. The van der Waals surface area contributed by atoms with Crippen molar-refractivity contribution in [1.82, 2.24) is 4.90 Å². The third-order valence-electron chi connectivity index (χ3n) is 3.82. The minimum atomic E-state index is -0.520. The molecule has 0 spiro atoms. The Balaban J connectivity index is 1.96. The van der Waals surface area contributed by atoms with Gasteiger partial charge in [-0.25, -0.2) is 0 Å². The van der Waals surface area contributed by atoms with Crippen LogP contribution in [0.3, 0.4) is 0 Å². The molecule has 0 bridgehead atoms. The minimum absolute atomic E-state index is 0.00199. The number of hydrogen-bond donors (Lipinski definition) is 1. The predicted molar refractivity (Wildman–Crippen MR) is 79.9 cm³/mol. The van der Waals surface area contributed by atoms with Gasteiger partial charge in [-0.15, -0.1) is 0 Å². The molecule has 4 nitrogen and oxygen atoms in total. The van der Waals surface area contributed by atoms with Gasteiger partial charge in [0.25, 0.3) is 5.91 Å². The van der Waals surface area contributed by atoms with Gasteiger partial charge in [-0.05, 0) is 43.5 Å². The number of benzene rings is 1. The number of likely N-dealkylation sites (tertiary alicyclic amines) is 1. The number of hydrogen-bond acceptors (Lipinski definition) is 3. The molecular formula is C15H21ClN2O2. The largest absolute Gasteiger partial charge is 0.481 e. The van der Waals surface area contributed by atoms with Crippen LogP contribution in [0.2, 0.25) is 5.02 Å². The van der Waals surface area contributed by atoms with Crippen LogP contribution in [-0.4, -0.2) is 36.5 Å². The Labute approximate surface area is 124 Å². The number of nitrogens with zero attached hydrogens (tertiary/aromatic N) is 1. The first kappa shape index (κ1) is 15.1. The molecule has 0 saturated carbocycles. The van der Waals surface area contributed by atoms with Gasteiger partial charge in [0, 0.05) is 18.1 Å². The summed E-state index contributed by atoms with van der Waals surface area (Å²) >= 11 is 5.90. The maximum Gasteiger partial charge on any atom is 0.263 e. The zero-order chi connectivity index (χ0) is 14.8. The van der Waals surface area contributed by atoms with E-state index in [4.69, 9.17) is 22.1 Å². The summed E-state index contributed by atoms with van der Waals surface area (Å²) in [6.07, 6.45) is 0.424. The molecule has 5 heteroatoms. The molecule has 20 heavy (non-hydrogen) atoms. The number of ether oxygens (including phenoxy) is 1. The van der Waals surface area contributed by atoms with E-state index in [1.807, 2.05) is 4.90 Å². The molecule has 1 fully saturated rings. The average Bonchev–Trinajstić information content (AvgIpc) is 2.81. The highest BCUT2D eigenvalue weighted by atomic mass is 35.5. The predicted octanol–water partition coefficient (Wildman–Crippen LogP) is 2.30. The lowest BCUT2D eigenvalue weighted by Crippen LogP contribution is -2.41. The van der Waals surface area contributed by atoms with Crippen LogP contribution >= 0.6 is 11.6 Å². The molecule has 1 amide bonds. The van der Waals surface area contributed by atoms with Crippen molar-refractivity contribution in [2.24, 2.45) is 11.1 Å². The van der Waals surface area contributed by atoms with Crippen LogP contribution in [0.25, 0.3) is 0 Å². The third-order valence-corrected chi connectivity index (χ3v) is 4.05. The van der Waals surface area contributed by atoms with Crippen molar-refractivity contribution in [3.8, 4) is 5.75 Å². The van der Waals surface area contributed by atoms with Crippen LogP contribution in [-0.2, 0) is 4.79 Å². The Morgan fingerprint density at radius 1 is 1.60 bits per heavy atom. The Morgan fingerprint density at radius 2 is 2.35 bits per heavy atom. The van der Waals surface area contributed by atoms with Gasteiger partial charge in [-0.3, -0.25) is 4.79 Å². The van der Waals surface area contributed by atoms with Gasteiger partial charge in [0.2, 0.25) is 0 Å². The van der Waals surface area contributed by atoms with E-state index in [2.05, 4.69) is 6.92 Å². The van der Waals surface area contributed by atoms with Gasteiger partial charge in [0.1, 0.15) is 5.75 Å². The number of nitrogens with two attached hydrogens (primary N) is 1. The molecule has 1 saturated heterocycles. The lowest BCUT2D eigenvalue weighted by atomic mass is 9.90. The maximum atomic E-state index is 12.4. The minimum Gasteiger partial charge on any atom is -0.481 e. The van der Waals surface area contributed by atoms with E-state index in [0.29, 0.717) is 23.9 Å². The normalized spacial score (nSPS) is 23.7. The highest BCUT2D eigenvalue weighted by molar-refractivity contribution is 6.30. The van der Waals surface area contributed by atoms with Crippen molar-refractivity contribution in [3.63, 3.8) is 0 Å². The molecule has 1 heterocycles. The second-order valence-electron chi connectivity index (χ2n) is 5.74. The fraction of sp³-hybridized carbons (Fsp3) is 0.533. The molecule has 1 aliphatic rings. The van der Waals surface area contributed by atoms with Gasteiger partial charge in [0.15, 0.2) is 6.10 Å². The molecule has 2 rings (SSSR count). The number of amides is 1. The molecule has 0 radical (unpaired) electrons. The van der Waals surface area contributed by atoms with Crippen LogP contribution in [0.5, 0.6) is 5.75 Å². The zero-order valence-corrected chi connectivity index (χ0v) is 12.7. The summed E-state index contributed by atoms with van der Waals surface area (Å²) in [5.74, 6) is 0.612. The van der Waals surface area contributed by atoms with Crippen molar-refractivity contribution >= 4 is 17.5 Å². The highest BCUT2D eigenvalue weighted by Crippen LogP contribution is 2.29. The first-order chi connectivity index (χ1) is 9.43. The van der Waals surface area contributed by atoms with E-state index in [0.717, 1.165) is 13.0 Å². The second kappa shape index (κ2) is 6.02. The molecular weight excluding hydrogens is 276 g/mol. The van der Waals surface area contributed by atoms with Crippen LogP contribution < -0.4 is 10.5 Å². The second-order valence-corrected chi connectivity index (χ2v) is 6.18. The summed E-state index contributed by atoms with van der Waals surface area (Å²) in [5.41, 5.74) is 5.80. The third kappa shape index (κ3) is 3.44. The summed E-state index contributed by atoms with van der Waals surface area (Å²) in [6, 6.07) is 7.08. The average molecular weight is 297 g/mol. The van der Waals surface area contributed by atoms with Gasteiger partial charge in [-0.2, -0.15) is 0 Å². The van der Waals surface area contributed by atoms with Crippen LogP contribution in [0.15, 0.2) is 24.3 Å². The fourth-order valence-electron chi connectivity index (χ4n) is 2.43. The SMILES string of the molecule is CC(Oc1cccc(Cl)c1)C(=O)N1CCC(C)(CN)C1. The summed E-state index contributed by atoms with van der Waals surface area (Å²) in [5, 5.41) is 0.596. The summed E-state index contributed by atoms with van der Waals surface area (Å²) in [4.78, 5) is 14.2. The number of carbonyl (C=O) groups excluding carboxylic acids is 1. The Kier molecular flexibility index (Phi) is 4.55. The van der Waals surface area contributed by atoms with E-state index >= 15 is 0 Å². The standard InChI is InChI=1S/C15H21ClN2O2/c1-11(20-13-5-3-4-12(16)8-13)14(19)18-7-6-15(2,9-17)10-18/h3-5,8,11H,6-7,9-10,17H2,1-2H3. The molecule has 0 aliphatic carbocycles. The van der Waals surface area contributed by atoms with Crippen molar-refractivity contribution in [2.45, 2.75) is 26.4 Å². The molecule has 2 unspecified atom stereocenters. The van der Waals surface area contributed by atoms with E-state index in [9.17, 15) is 4.79 Å². The van der Waals surface area contributed by atoms with E-state index < -0.39 is 6.10 Å². The number of carbonyl (C=O) groups is 1. The molecule has 110 valence electrons. The van der Waals surface area contributed by atoms with Gasteiger partial charge >= 0.3 is 0 Å². The molecule has 2 N–H and O–H groups in total. The smallest absolute Gasteiger partial charge is 0.263 e. The number of halogens is 1. The zero-order valence-electron chi connectivity index (χ0n) is 11.9. The molecule has 0 aromatic heterocycles. The topological polar surface area (TPSA) is 55.6 Å². The Hall–Kier alpha value is -1.26. The Bertz CT molecular complexity index is 495. The van der Waals surface area contributed by atoms with Crippen molar-refractivity contribution < 1.29 is 9.53 Å². The number of rotatable bonds is 4. The first-order valence-corrected chi connectivity index (χ1v) is 7.22. The van der Waals surface area contributed by atoms with E-state index in [1.165, 1.54) is 0 Å². The lowest BCUT2D eigenvalue weighted by molar-refractivity contribution is -0.137. The molecule has 1 aromatic carbocycles. The van der Waals surface area contributed by atoms with E-state index in [1.54, 1.807) is 31.2 Å². The highest BCUT2D eigenvalue weighted by Gasteiger charge is 2.36. The van der Waals surface area contributed by atoms with Gasteiger partial charge < -0.3 is 15.4 Å². The Morgan fingerprint density at radius 3 is 2.95 bits per heavy atom. The van der Waals surface area contributed by atoms with Crippen molar-refractivity contribution in [2.75, 3.05) is 19.6 Å². The molecule has 2 atom stereocenters. The van der Waals surface area contributed by atoms with Gasteiger partial charge in [0.05, 0.1) is 0 Å². The van der Waals surface area contributed by atoms with Gasteiger partial charge in [-0.1, -0.05) is 24.6 Å². The molecule has 1 aromatic rings. The summed E-state index contributed by atoms with van der Waals surface area (Å²) in [6.45, 7) is 5.92. The van der Waals surface area contributed by atoms with Crippen LogP contribution in [0.4, 0.5) is 0 Å². The summed E-state index contributed by atoms with van der Waals surface area (Å²) in [7, 11) is 0. The van der Waals surface area contributed by atoms with E-state index in [-0.39, 0.29) is 11.3 Å². The first-order valence-electron chi connectivity index (χ1n) is 6.85. The molecule has 1 aliphatic heterocycles. The quantitative estimate of drug-likeness (QED) is 0.927. The van der Waals surface area contributed by atoms with Crippen LogP contribution in [0.1, 0.15) is 20.3 Å². The summed E-state index contributed by atoms with van der Waals surface area (Å²) < 4.78 is 5.66. The lowest BCUT2D eigenvalue weighted by Gasteiger charge is -2.25. The van der Waals surface area contributed by atoms with Crippen molar-refractivity contribution in [3.05, 3.63) is 29.3 Å².